The predicted octanol–water partition coefficient (Wildman–Crippen LogP) is 5.89. The van der Waals surface area contributed by atoms with Crippen molar-refractivity contribution in [2.45, 2.75) is 13.8 Å². The Kier molecular flexibility index (Phi) is 5.85. The minimum Gasteiger partial charge on any atom is -0.462 e. The van der Waals surface area contributed by atoms with Gasteiger partial charge in [0.05, 0.1) is 12.2 Å². The summed E-state index contributed by atoms with van der Waals surface area (Å²) in [5.74, 6) is 0.323. The van der Waals surface area contributed by atoms with Crippen molar-refractivity contribution in [3.8, 4) is 22.8 Å². The lowest BCUT2D eigenvalue weighted by Crippen LogP contribution is -2.12. The third kappa shape index (κ3) is 4.41. The number of pyridine rings is 1. The first kappa shape index (κ1) is 22.1. The lowest BCUT2D eigenvalue weighted by atomic mass is 10.1. The van der Waals surface area contributed by atoms with Gasteiger partial charge in [0.25, 0.3) is 5.91 Å². The van der Waals surface area contributed by atoms with Crippen LogP contribution in [-0.4, -0.2) is 28.5 Å². The number of esters is 1. The predicted molar refractivity (Wildman–Crippen MR) is 130 cm³/mol. The quantitative estimate of drug-likeness (QED) is 0.310. The molecule has 0 saturated carbocycles. The van der Waals surface area contributed by atoms with Crippen molar-refractivity contribution in [1.82, 2.24) is 9.97 Å². The number of carbonyl (C=O) groups is 2. The number of oxazole rings is 1. The molecule has 0 aliphatic rings. The van der Waals surface area contributed by atoms with Crippen molar-refractivity contribution >= 4 is 28.8 Å². The molecule has 0 bridgehead atoms. The van der Waals surface area contributed by atoms with Crippen LogP contribution in [0.3, 0.4) is 0 Å². The molecule has 8 heteroatoms. The van der Waals surface area contributed by atoms with E-state index in [1.807, 2.05) is 19.1 Å². The molecule has 0 radical (unpaired) electrons. The molecule has 8 nitrogen and oxygen atoms in total. The van der Waals surface area contributed by atoms with Gasteiger partial charge in [-0.05, 0) is 67.9 Å². The number of fused-ring (bicyclic) bond motifs is 1. The molecule has 35 heavy (non-hydrogen) atoms. The summed E-state index contributed by atoms with van der Waals surface area (Å²) in [5.41, 5.74) is 4.46. The normalized spacial score (nSPS) is 10.9. The van der Waals surface area contributed by atoms with Gasteiger partial charge < -0.3 is 18.9 Å². The Labute approximate surface area is 200 Å². The maximum atomic E-state index is 12.9. The Morgan fingerprint density at radius 3 is 2.57 bits per heavy atom. The van der Waals surface area contributed by atoms with Crippen molar-refractivity contribution in [2.24, 2.45) is 0 Å². The fourth-order valence-corrected chi connectivity index (χ4v) is 3.67. The number of ether oxygens (including phenoxy) is 1. The molecule has 1 N–H and O–H groups in total. The summed E-state index contributed by atoms with van der Waals surface area (Å²) in [5, 5.41) is 2.89. The molecule has 0 atom stereocenters. The van der Waals surface area contributed by atoms with Gasteiger partial charge in [-0.3, -0.25) is 4.79 Å². The lowest BCUT2D eigenvalue weighted by molar-refractivity contribution is 0.0526. The molecule has 0 unspecified atom stereocenters. The summed E-state index contributed by atoms with van der Waals surface area (Å²) in [6.07, 6.45) is 1.66. The molecule has 1 amide bonds. The van der Waals surface area contributed by atoms with Crippen LogP contribution in [0.1, 0.15) is 33.4 Å². The summed E-state index contributed by atoms with van der Waals surface area (Å²) in [6.45, 7) is 3.95. The van der Waals surface area contributed by atoms with Crippen molar-refractivity contribution in [2.75, 3.05) is 11.9 Å². The molecular formula is C27H21N3O5. The summed E-state index contributed by atoms with van der Waals surface area (Å²) >= 11 is 0. The first-order valence-electron chi connectivity index (χ1n) is 11.0. The van der Waals surface area contributed by atoms with Crippen LogP contribution in [-0.2, 0) is 4.74 Å². The van der Waals surface area contributed by atoms with E-state index in [9.17, 15) is 9.59 Å². The number of hydrogen-bond donors (Lipinski definition) is 1. The Bertz CT molecular complexity index is 1500. The first-order valence-corrected chi connectivity index (χ1v) is 11.0. The van der Waals surface area contributed by atoms with E-state index in [0.717, 1.165) is 16.7 Å². The Morgan fingerprint density at radius 1 is 0.971 bits per heavy atom. The monoisotopic (exact) mass is 467 g/mol. The molecular weight excluding hydrogens is 446 g/mol. The second-order valence-corrected chi connectivity index (χ2v) is 7.74. The standard InChI is InChI=1S/C27H21N3O5/c1-3-33-27(32)18-11-9-17(10-12-18)21-13-14-23(34-21)25(31)29-20-7-4-6-19(16(20)2)26-30-24-22(35-26)8-5-15-28-24/h4-15H,3H2,1-2H3,(H,29,31). The molecule has 0 spiro atoms. The van der Waals surface area contributed by atoms with E-state index in [1.54, 1.807) is 67.7 Å². The molecule has 0 saturated heterocycles. The van der Waals surface area contributed by atoms with Crippen LogP contribution in [0.5, 0.6) is 0 Å². The molecule has 5 aromatic rings. The van der Waals surface area contributed by atoms with Gasteiger partial charge in [-0.1, -0.05) is 18.2 Å². The Hall–Kier alpha value is -4.72. The van der Waals surface area contributed by atoms with Gasteiger partial charge in [0.2, 0.25) is 5.89 Å². The van der Waals surface area contributed by atoms with E-state index in [2.05, 4.69) is 15.3 Å². The van der Waals surface area contributed by atoms with Crippen LogP contribution in [0, 0.1) is 6.92 Å². The highest BCUT2D eigenvalue weighted by molar-refractivity contribution is 6.03. The second kappa shape index (κ2) is 9.26. The number of nitrogens with one attached hydrogen (secondary N) is 1. The van der Waals surface area contributed by atoms with Crippen LogP contribution in [0.25, 0.3) is 34.0 Å². The maximum Gasteiger partial charge on any atom is 0.338 e. The minimum atomic E-state index is -0.390. The average Bonchev–Trinajstić information content (AvgIpc) is 3.53. The highest BCUT2D eigenvalue weighted by atomic mass is 16.5. The highest BCUT2D eigenvalue weighted by Gasteiger charge is 2.17. The van der Waals surface area contributed by atoms with Gasteiger partial charge in [0.15, 0.2) is 17.0 Å². The molecule has 3 heterocycles. The zero-order chi connectivity index (χ0) is 24.4. The fourth-order valence-electron chi connectivity index (χ4n) is 3.67. The van der Waals surface area contributed by atoms with Gasteiger partial charge >= 0.3 is 5.97 Å². The minimum absolute atomic E-state index is 0.158. The molecule has 0 aliphatic heterocycles. The Balaban J connectivity index is 1.34. The third-order valence-electron chi connectivity index (χ3n) is 5.49. The van der Waals surface area contributed by atoms with Gasteiger partial charge in [0, 0.05) is 23.0 Å². The number of rotatable bonds is 6. The molecule has 0 aliphatic carbocycles. The molecule has 0 fully saturated rings. The average molecular weight is 467 g/mol. The Morgan fingerprint density at radius 2 is 1.80 bits per heavy atom. The van der Waals surface area contributed by atoms with Crippen molar-refractivity contribution < 1.29 is 23.2 Å². The zero-order valence-corrected chi connectivity index (χ0v) is 19.1. The fraction of sp³-hybridized carbons (Fsp3) is 0.111. The molecule has 3 aromatic heterocycles. The third-order valence-corrected chi connectivity index (χ3v) is 5.49. The number of aromatic nitrogens is 2. The maximum absolute atomic E-state index is 12.9. The molecule has 174 valence electrons. The summed E-state index contributed by atoms with van der Waals surface area (Å²) < 4.78 is 16.6. The summed E-state index contributed by atoms with van der Waals surface area (Å²) in [6, 6.07) is 19.2. The zero-order valence-electron chi connectivity index (χ0n) is 19.1. The van der Waals surface area contributed by atoms with Gasteiger partial charge in [0.1, 0.15) is 5.76 Å². The van der Waals surface area contributed by atoms with Gasteiger partial charge in [-0.25, -0.2) is 9.78 Å². The lowest BCUT2D eigenvalue weighted by Gasteiger charge is -2.10. The topological polar surface area (TPSA) is 107 Å². The van der Waals surface area contributed by atoms with Crippen LogP contribution < -0.4 is 5.32 Å². The first-order chi connectivity index (χ1) is 17.0. The summed E-state index contributed by atoms with van der Waals surface area (Å²) in [4.78, 5) is 33.4. The van der Waals surface area contributed by atoms with Crippen LogP contribution in [0.4, 0.5) is 5.69 Å². The molecule has 2 aromatic carbocycles. The SMILES string of the molecule is CCOC(=O)c1ccc(-c2ccc(C(=O)Nc3cccc(-c4nc5ncccc5o4)c3C)o2)cc1. The number of carbonyl (C=O) groups excluding carboxylic acids is 2. The van der Waals surface area contributed by atoms with E-state index < -0.39 is 0 Å². The van der Waals surface area contributed by atoms with Crippen molar-refractivity contribution in [3.63, 3.8) is 0 Å². The van der Waals surface area contributed by atoms with E-state index in [4.69, 9.17) is 13.6 Å². The van der Waals surface area contributed by atoms with Crippen molar-refractivity contribution in [3.05, 3.63) is 89.8 Å². The summed E-state index contributed by atoms with van der Waals surface area (Å²) in [7, 11) is 0. The van der Waals surface area contributed by atoms with Gasteiger partial charge in [-0.15, -0.1) is 0 Å². The van der Waals surface area contributed by atoms with E-state index in [0.29, 0.717) is 40.7 Å². The van der Waals surface area contributed by atoms with Crippen molar-refractivity contribution in [1.29, 1.82) is 0 Å². The largest absolute Gasteiger partial charge is 0.462 e. The second-order valence-electron chi connectivity index (χ2n) is 7.74. The van der Waals surface area contributed by atoms with E-state index in [1.165, 1.54) is 0 Å². The number of anilines is 1. The highest BCUT2D eigenvalue weighted by Crippen LogP contribution is 2.30. The smallest absolute Gasteiger partial charge is 0.338 e. The number of nitrogens with zero attached hydrogens (tertiary/aromatic N) is 2. The van der Waals surface area contributed by atoms with Crippen LogP contribution >= 0.6 is 0 Å². The van der Waals surface area contributed by atoms with Gasteiger partial charge in [-0.2, -0.15) is 4.98 Å². The molecule has 5 rings (SSSR count). The van der Waals surface area contributed by atoms with E-state index in [-0.39, 0.29) is 17.6 Å². The van der Waals surface area contributed by atoms with E-state index >= 15 is 0 Å². The number of amides is 1. The van der Waals surface area contributed by atoms with Crippen LogP contribution in [0.15, 0.2) is 81.8 Å². The number of furan rings is 1. The number of benzene rings is 2. The van der Waals surface area contributed by atoms with Crippen LogP contribution in [0.2, 0.25) is 0 Å². The number of hydrogen-bond acceptors (Lipinski definition) is 7.